The number of hydrogen-bond acceptors (Lipinski definition) is 12. The highest BCUT2D eigenvalue weighted by Crippen LogP contribution is 2.30. The molecule has 12 heteroatoms. The van der Waals surface area contributed by atoms with Gasteiger partial charge in [-0.05, 0) is 13.8 Å². The van der Waals surface area contributed by atoms with Gasteiger partial charge in [-0.3, -0.25) is 24.0 Å². The van der Waals surface area contributed by atoms with Crippen LogP contribution in [0.3, 0.4) is 0 Å². The van der Waals surface area contributed by atoms with E-state index in [1.165, 1.54) is 6.92 Å². The molecule has 1 unspecified atom stereocenters. The normalized spacial score (nSPS) is 25.8. The van der Waals surface area contributed by atoms with Crippen molar-refractivity contribution in [1.29, 1.82) is 0 Å². The quantitative estimate of drug-likeness (QED) is 0.327. The number of esters is 5. The molecule has 1 heterocycles. The molecule has 1 saturated heterocycles. The van der Waals surface area contributed by atoms with Gasteiger partial charge in [0.1, 0.15) is 12.7 Å². The molecule has 0 spiro atoms. The van der Waals surface area contributed by atoms with Gasteiger partial charge < -0.3 is 33.2 Å². The summed E-state index contributed by atoms with van der Waals surface area (Å²) < 4.78 is 37.2. The second-order valence-corrected chi connectivity index (χ2v) is 7.02. The van der Waals surface area contributed by atoms with Crippen LogP contribution >= 0.6 is 0 Å². The lowest BCUT2D eigenvalue weighted by Gasteiger charge is -2.44. The van der Waals surface area contributed by atoms with E-state index in [1.54, 1.807) is 13.8 Å². The van der Waals surface area contributed by atoms with Crippen LogP contribution in [0.25, 0.3) is 0 Å². The van der Waals surface area contributed by atoms with Crippen molar-refractivity contribution in [3.8, 4) is 0 Å². The molecule has 6 atom stereocenters. The van der Waals surface area contributed by atoms with Gasteiger partial charge in [-0.1, -0.05) is 0 Å². The monoisotopic (exact) mass is 462 g/mol. The van der Waals surface area contributed by atoms with E-state index in [-0.39, 0.29) is 19.6 Å². The SMILES string of the molecule is CCOC(=O)CC(C)O[C@@H]1O[C@H](COC(C)=O)[C@H](OC(C)=O)[C@H](OC(C)=O)[C@H]1OC(C)=O. The van der Waals surface area contributed by atoms with Gasteiger partial charge in [-0.15, -0.1) is 0 Å². The van der Waals surface area contributed by atoms with Crippen molar-refractivity contribution in [2.75, 3.05) is 13.2 Å². The van der Waals surface area contributed by atoms with Crippen molar-refractivity contribution in [2.24, 2.45) is 0 Å². The molecule has 0 radical (unpaired) electrons. The number of carbonyl (C=O) groups excluding carboxylic acids is 5. The number of hydrogen-bond donors (Lipinski definition) is 0. The highest BCUT2D eigenvalue weighted by molar-refractivity contribution is 5.70. The van der Waals surface area contributed by atoms with Crippen molar-refractivity contribution >= 4 is 29.8 Å². The average molecular weight is 462 g/mol. The molecule has 182 valence electrons. The van der Waals surface area contributed by atoms with Crippen LogP contribution in [0.1, 0.15) is 48.0 Å². The fraction of sp³-hybridized carbons (Fsp3) is 0.750. The summed E-state index contributed by atoms with van der Waals surface area (Å²) in [4.78, 5) is 58.3. The molecule has 1 aliphatic rings. The molecule has 0 aromatic heterocycles. The van der Waals surface area contributed by atoms with E-state index in [0.717, 1.165) is 20.8 Å². The van der Waals surface area contributed by atoms with E-state index >= 15 is 0 Å². The van der Waals surface area contributed by atoms with Crippen LogP contribution in [-0.2, 0) is 57.1 Å². The van der Waals surface area contributed by atoms with Gasteiger partial charge in [0.15, 0.2) is 24.6 Å². The minimum Gasteiger partial charge on any atom is -0.466 e. The molecule has 32 heavy (non-hydrogen) atoms. The lowest BCUT2D eigenvalue weighted by Crippen LogP contribution is -2.63. The zero-order valence-corrected chi connectivity index (χ0v) is 19.0. The Morgan fingerprint density at radius 2 is 1.31 bits per heavy atom. The largest absolute Gasteiger partial charge is 0.466 e. The first-order valence-electron chi connectivity index (χ1n) is 10.1. The first-order chi connectivity index (χ1) is 14.9. The Hall–Kier alpha value is -2.73. The van der Waals surface area contributed by atoms with Crippen LogP contribution in [0.15, 0.2) is 0 Å². The Bertz CT molecular complexity index is 690. The van der Waals surface area contributed by atoms with Gasteiger partial charge in [0.05, 0.1) is 19.1 Å². The van der Waals surface area contributed by atoms with Crippen LogP contribution in [0, 0.1) is 0 Å². The fourth-order valence-corrected chi connectivity index (χ4v) is 3.03. The zero-order valence-electron chi connectivity index (χ0n) is 19.0. The Kier molecular flexibility index (Phi) is 11.1. The van der Waals surface area contributed by atoms with Crippen LogP contribution in [0.5, 0.6) is 0 Å². The third kappa shape index (κ3) is 9.18. The molecule has 1 rings (SSSR count). The molecule has 0 amide bonds. The first-order valence-corrected chi connectivity index (χ1v) is 10.1. The summed E-state index contributed by atoms with van der Waals surface area (Å²) in [6, 6.07) is 0. The third-order valence-electron chi connectivity index (χ3n) is 4.07. The minimum absolute atomic E-state index is 0.138. The Morgan fingerprint density at radius 1 is 0.781 bits per heavy atom. The van der Waals surface area contributed by atoms with Crippen molar-refractivity contribution in [1.82, 2.24) is 0 Å². The van der Waals surface area contributed by atoms with Gasteiger partial charge in [0.25, 0.3) is 0 Å². The molecule has 1 aliphatic heterocycles. The second kappa shape index (κ2) is 13.0. The van der Waals surface area contributed by atoms with Gasteiger partial charge >= 0.3 is 29.8 Å². The average Bonchev–Trinajstić information content (AvgIpc) is 2.63. The first kappa shape index (κ1) is 27.3. The van der Waals surface area contributed by atoms with E-state index in [9.17, 15) is 24.0 Å². The summed E-state index contributed by atoms with van der Waals surface area (Å²) in [6.07, 6.45) is -7.33. The summed E-state index contributed by atoms with van der Waals surface area (Å²) in [6.45, 7) is 7.56. The number of carbonyl (C=O) groups is 5. The summed E-state index contributed by atoms with van der Waals surface area (Å²) in [7, 11) is 0. The van der Waals surface area contributed by atoms with Crippen molar-refractivity contribution in [3.05, 3.63) is 0 Å². The molecule has 1 fully saturated rings. The van der Waals surface area contributed by atoms with Crippen LogP contribution in [-0.4, -0.2) is 79.9 Å². The van der Waals surface area contributed by atoms with Crippen molar-refractivity contribution in [2.45, 2.75) is 84.8 Å². The summed E-state index contributed by atoms with van der Waals surface area (Å²) in [5.41, 5.74) is 0. The topological polar surface area (TPSA) is 150 Å². The molecule has 0 aliphatic carbocycles. The zero-order chi connectivity index (χ0) is 24.4. The molecule has 0 aromatic carbocycles. The van der Waals surface area contributed by atoms with Crippen molar-refractivity contribution in [3.63, 3.8) is 0 Å². The smallest absolute Gasteiger partial charge is 0.308 e. The van der Waals surface area contributed by atoms with Gasteiger partial charge in [0, 0.05) is 27.7 Å². The maximum Gasteiger partial charge on any atom is 0.308 e. The van der Waals surface area contributed by atoms with E-state index in [1.807, 2.05) is 0 Å². The molecule has 0 aromatic rings. The van der Waals surface area contributed by atoms with Gasteiger partial charge in [0.2, 0.25) is 0 Å². The lowest BCUT2D eigenvalue weighted by molar-refractivity contribution is -0.315. The lowest BCUT2D eigenvalue weighted by atomic mass is 9.98. The van der Waals surface area contributed by atoms with E-state index in [2.05, 4.69) is 0 Å². The minimum atomic E-state index is -1.35. The maximum atomic E-state index is 11.8. The number of rotatable bonds is 10. The van der Waals surface area contributed by atoms with E-state index in [0.29, 0.717) is 0 Å². The highest BCUT2D eigenvalue weighted by atomic mass is 16.7. The molecular weight excluding hydrogens is 432 g/mol. The van der Waals surface area contributed by atoms with Crippen LogP contribution in [0.2, 0.25) is 0 Å². The number of ether oxygens (including phenoxy) is 7. The van der Waals surface area contributed by atoms with E-state index < -0.39 is 66.7 Å². The summed E-state index contributed by atoms with van der Waals surface area (Å²) >= 11 is 0. The summed E-state index contributed by atoms with van der Waals surface area (Å²) in [5.74, 6) is -3.39. The molecular formula is C20H30O12. The van der Waals surface area contributed by atoms with Gasteiger partial charge in [-0.2, -0.15) is 0 Å². The van der Waals surface area contributed by atoms with Gasteiger partial charge in [-0.25, -0.2) is 0 Å². The maximum absolute atomic E-state index is 11.8. The predicted octanol–water partition coefficient (Wildman–Crippen LogP) is 0.428. The predicted molar refractivity (Wildman–Crippen MR) is 104 cm³/mol. The molecule has 0 N–H and O–H groups in total. The fourth-order valence-electron chi connectivity index (χ4n) is 3.03. The van der Waals surface area contributed by atoms with E-state index in [4.69, 9.17) is 33.2 Å². The Labute approximate surface area is 185 Å². The third-order valence-corrected chi connectivity index (χ3v) is 4.07. The van der Waals surface area contributed by atoms with Crippen molar-refractivity contribution < 1.29 is 57.1 Å². The summed E-state index contributed by atoms with van der Waals surface area (Å²) in [5, 5.41) is 0. The van der Waals surface area contributed by atoms with Crippen LogP contribution < -0.4 is 0 Å². The second-order valence-electron chi connectivity index (χ2n) is 7.02. The Balaban J connectivity index is 3.26. The molecule has 0 bridgehead atoms. The Morgan fingerprint density at radius 3 is 1.81 bits per heavy atom. The molecule has 0 saturated carbocycles. The molecule has 12 nitrogen and oxygen atoms in total. The highest BCUT2D eigenvalue weighted by Gasteiger charge is 2.53. The standard InChI is InChI=1S/C20H30O12/c1-7-26-16(25)8-10(2)28-20-19(31-14(6)24)18(30-13(5)23)17(29-12(4)22)15(32-20)9-27-11(3)21/h10,15,17-20H,7-9H2,1-6H3/t10?,15-,17+,18+,19-,20-/m1/s1. The van der Waals surface area contributed by atoms with Crippen LogP contribution in [0.4, 0.5) is 0 Å².